The molecule has 0 saturated heterocycles. The fourth-order valence-corrected chi connectivity index (χ4v) is 4.18. The molecule has 0 aromatic heterocycles. The number of carbonyl (C=O) groups excluding carboxylic acids is 2. The Kier molecular flexibility index (Phi) is 6.35. The molecule has 136 valence electrons. The van der Waals surface area contributed by atoms with Gasteiger partial charge in [-0.1, -0.05) is 42.6 Å². The summed E-state index contributed by atoms with van der Waals surface area (Å²) in [5, 5.41) is 6.86. The maximum atomic E-state index is 12.4. The van der Waals surface area contributed by atoms with E-state index in [0.29, 0.717) is 17.6 Å². The van der Waals surface area contributed by atoms with Crippen LogP contribution >= 0.6 is 11.6 Å². The van der Waals surface area contributed by atoms with Crippen LogP contribution in [0.5, 0.6) is 0 Å². The molecular weight excluding hydrogens is 336 g/mol. The zero-order valence-electron chi connectivity index (χ0n) is 14.6. The lowest BCUT2D eigenvalue weighted by Gasteiger charge is -2.28. The summed E-state index contributed by atoms with van der Waals surface area (Å²) in [6.07, 6.45) is 7.88. The first-order valence-electron chi connectivity index (χ1n) is 9.45. The molecule has 5 heteroatoms. The van der Waals surface area contributed by atoms with Gasteiger partial charge in [-0.3, -0.25) is 9.59 Å². The van der Waals surface area contributed by atoms with E-state index in [9.17, 15) is 9.59 Å². The number of benzene rings is 1. The van der Waals surface area contributed by atoms with Crippen LogP contribution in [-0.2, 0) is 16.1 Å². The first-order valence-corrected chi connectivity index (χ1v) is 9.83. The van der Waals surface area contributed by atoms with Crippen LogP contribution in [0.3, 0.4) is 0 Å². The summed E-state index contributed by atoms with van der Waals surface area (Å²) in [6, 6.07) is 7.93. The number of amides is 2. The largest absolute Gasteiger partial charge is 0.353 e. The second kappa shape index (κ2) is 8.70. The third kappa shape index (κ3) is 4.97. The van der Waals surface area contributed by atoms with Crippen LogP contribution in [0.25, 0.3) is 0 Å². The molecule has 2 fully saturated rings. The van der Waals surface area contributed by atoms with E-state index in [1.165, 1.54) is 12.8 Å². The Morgan fingerprint density at radius 3 is 2.16 bits per heavy atom. The Morgan fingerprint density at radius 2 is 1.52 bits per heavy atom. The molecule has 3 rings (SSSR count). The van der Waals surface area contributed by atoms with E-state index in [4.69, 9.17) is 11.6 Å². The number of hydrogen-bond donors (Lipinski definition) is 2. The highest BCUT2D eigenvalue weighted by atomic mass is 35.5. The fraction of sp³-hybridized carbons (Fsp3) is 0.600. The molecule has 0 bridgehead atoms. The molecule has 1 aromatic rings. The van der Waals surface area contributed by atoms with Crippen molar-refractivity contribution in [1.82, 2.24) is 10.6 Å². The molecule has 1 aromatic carbocycles. The van der Waals surface area contributed by atoms with Crippen molar-refractivity contribution >= 4 is 23.4 Å². The standard InChI is InChI=1S/C20H27ClN2O2/c21-18-8-4-1-5-16(18)13-22-19(24)14-9-11-15(12-10-14)20(25)23-17-6-2-3-7-17/h1,4-5,8,14-15,17H,2-3,6-7,9-13H2,(H,22,24)(H,23,25). The van der Waals surface area contributed by atoms with Crippen LogP contribution in [0, 0.1) is 11.8 Å². The Morgan fingerprint density at radius 1 is 0.920 bits per heavy atom. The van der Waals surface area contributed by atoms with Gasteiger partial charge in [0, 0.05) is 29.4 Å². The molecule has 0 heterocycles. The average molecular weight is 363 g/mol. The van der Waals surface area contributed by atoms with Gasteiger partial charge in [-0.15, -0.1) is 0 Å². The third-order valence-electron chi connectivity index (χ3n) is 5.58. The summed E-state index contributed by atoms with van der Waals surface area (Å²) in [4.78, 5) is 24.7. The van der Waals surface area contributed by atoms with Crippen molar-refractivity contribution in [2.24, 2.45) is 11.8 Å². The van der Waals surface area contributed by atoms with Gasteiger partial charge >= 0.3 is 0 Å². The Labute approximate surface area is 154 Å². The van der Waals surface area contributed by atoms with Gasteiger partial charge in [-0.2, -0.15) is 0 Å². The Hall–Kier alpha value is -1.55. The second-order valence-electron chi connectivity index (χ2n) is 7.35. The second-order valence-corrected chi connectivity index (χ2v) is 7.75. The maximum Gasteiger partial charge on any atom is 0.223 e. The van der Waals surface area contributed by atoms with E-state index in [1.807, 2.05) is 24.3 Å². The number of halogens is 1. The minimum atomic E-state index is 0.0121. The Bertz CT molecular complexity index is 605. The molecule has 0 radical (unpaired) electrons. The predicted molar refractivity (Wildman–Crippen MR) is 99.1 cm³/mol. The van der Waals surface area contributed by atoms with Gasteiger partial charge in [0.2, 0.25) is 11.8 Å². The minimum absolute atomic E-state index is 0.0121. The van der Waals surface area contributed by atoms with Crippen molar-refractivity contribution in [2.75, 3.05) is 0 Å². The predicted octanol–water partition coefficient (Wildman–Crippen LogP) is 3.82. The van der Waals surface area contributed by atoms with Crippen molar-refractivity contribution in [3.8, 4) is 0 Å². The molecule has 0 atom stereocenters. The molecule has 4 nitrogen and oxygen atoms in total. The number of carbonyl (C=O) groups is 2. The minimum Gasteiger partial charge on any atom is -0.353 e. The SMILES string of the molecule is O=C(NCc1ccccc1Cl)C1CCC(C(=O)NC2CCCC2)CC1. The van der Waals surface area contributed by atoms with Crippen molar-refractivity contribution in [3.63, 3.8) is 0 Å². The van der Waals surface area contributed by atoms with Crippen LogP contribution in [0.15, 0.2) is 24.3 Å². The van der Waals surface area contributed by atoms with Gasteiger partial charge in [-0.25, -0.2) is 0 Å². The molecule has 0 unspecified atom stereocenters. The normalized spacial score (nSPS) is 24.0. The molecular formula is C20H27ClN2O2. The highest BCUT2D eigenvalue weighted by Gasteiger charge is 2.31. The van der Waals surface area contributed by atoms with Gasteiger partial charge < -0.3 is 10.6 Å². The molecule has 0 aliphatic heterocycles. The van der Waals surface area contributed by atoms with E-state index in [0.717, 1.165) is 44.1 Å². The first kappa shape index (κ1) is 18.2. The summed E-state index contributed by atoms with van der Waals surface area (Å²) >= 11 is 6.12. The first-order chi connectivity index (χ1) is 12.1. The number of nitrogens with one attached hydrogen (secondary N) is 2. The highest BCUT2D eigenvalue weighted by Crippen LogP contribution is 2.30. The molecule has 0 spiro atoms. The van der Waals surface area contributed by atoms with Crippen molar-refractivity contribution in [1.29, 1.82) is 0 Å². The zero-order valence-corrected chi connectivity index (χ0v) is 15.4. The van der Waals surface area contributed by atoms with Crippen LogP contribution in [0.1, 0.15) is 56.9 Å². The van der Waals surface area contributed by atoms with E-state index in [2.05, 4.69) is 10.6 Å². The third-order valence-corrected chi connectivity index (χ3v) is 5.95. The van der Waals surface area contributed by atoms with E-state index >= 15 is 0 Å². The van der Waals surface area contributed by atoms with Gasteiger partial charge in [0.15, 0.2) is 0 Å². The maximum absolute atomic E-state index is 12.4. The van der Waals surface area contributed by atoms with Gasteiger partial charge in [0.05, 0.1) is 0 Å². The van der Waals surface area contributed by atoms with E-state index < -0.39 is 0 Å². The monoisotopic (exact) mass is 362 g/mol. The van der Waals surface area contributed by atoms with Gasteiger partial charge in [0.25, 0.3) is 0 Å². The van der Waals surface area contributed by atoms with Crippen LogP contribution in [0.2, 0.25) is 5.02 Å². The summed E-state index contributed by atoms with van der Waals surface area (Å²) in [7, 11) is 0. The van der Waals surface area contributed by atoms with Crippen LogP contribution in [-0.4, -0.2) is 17.9 Å². The number of rotatable bonds is 5. The Balaban J connectivity index is 1.41. The molecule has 2 aliphatic carbocycles. The van der Waals surface area contributed by atoms with Gasteiger partial charge in [0.1, 0.15) is 0 Å². The van der Waals surface area contributed by atoms with Crippen molar-refractivity contribution < 1.29 is 9.59 Å². The van der Waals surface area contributed by atoms with E-state index in [1.54, 1.807) is 0 Å². The lowest BCUT2D eigenvalue weighted by atomic mass is 9.81. The lowest BCUT2D eigenvalue weighted by Crippen LogP contribution is -2.40. The molecule has 25 heavy (non-hydrogen) atoms. The van der Waals surface area contributed by atoms with E-state index in [-0.39, 0.29) is 23.7 Å². The van der Waals surface area contributed by atoms with Crippen LogP contribution in [0.4, 0.5) is 0 Å². The lowest BCUT2D eigenvalue weighted by molar-refractivity contribution is -0.131. The quantitative estimate of drug-likeness (QED) is 0.836. The summed E-state index contributed by atoms with van der Waals surface area (Å²) in [6.45, 7) is 0.459. The fourth-order valence-electron chi connectivity index (χ4n) is 3.98. The summed E-state index contributed by atoms with van der Waals surface area (Å²) < 4.78 is 0. The number of hydrogen-bond acceptors (Lipinski definition) is 2. The molecule has 2 N–H and O–H groups in total. The smallest absolute Gasteiger partial charge is 0.223 e. The highest BCUT2D eigenvalue weighted by molar-refractivity contribution is 6.31. The molecule has 2 saturated carbocycles. The molecule has 2 aliphatic rings. The van der Waals surface area contributed by atoms with Crippen molar-refractivity contribution in [2.45, 2.75) is 64.0 Å². The average Bonchev–Trinajstić information content (AvgIpc) is 3.14. The topological polar surface area (TPSA) is 58.2 Å². The zero-order chi connectivity index (χ0) is 17.6. The summed E-state index contributed by atoms with van der Waals surface area (Å²) in [5.41, 5.74) is 0.933. The van der Waals surface area contributed by atoms with Crippen LogP contribution < -0.4 is 10.6 Å². The van der Waals surface area contributed by atoms with Crippen molar-refractivity contribution in [3.05, 3.63) is 34.9 Å². The summed E-state index contributed by atoms with van der Waals surface area (Å²) in [5.74, 6) is 0.364. The molecule has 2 amide bonds. The van der Waals surface area contributed by atoms with Gasteiger partial charge in [-0.05, 0) is 50.2 Å².